The molecule has 0 bridgehead atoms. The van der Waals surface area contributed by atoms with Gasteiger partial charge in [-0.15, -0.1) is 0 Å². The van der Waals surface area contributed by atoms with Crippen molar-refractivity contribution >= 4 is 5.78 Å². The number of benzene rings is 1. The number of aromatic nitrogens is 2. The summed E-state index contributed by atoms with van der Waals surface area (Å²) in [5.74, 6) is 2.02. The smallest absolute Gasteiger partial charge is 0.231 e. The summed E-state index contributed by atoms with van der Waals surface area (Å²) in [6.07, 6.45) is 1.91. The van der Waals surface area contributed by atoms with Gasteiger partial charge in [0.2, 0.25) is 6.79 Å². The Balaban J connectivity index is 1.95. The van der Waals surface area contributed by atoms with Crippen molar-refractivity contribution in [2.75, 3.05) is 6.79 Å². The number of ether oxygens (including phenoxy) is 2. The monoisotopic (exact) mass is 256 g/mol. The Morgan fingerprint density at radius 3 is 2.95 bits per heavy atom. The third kappa shape index (κ3) is 2.40. The minimum atomic E-state index is 0.0443. The molecule has 0 unspecified atom stereocenters. The first-order valence-electron chi connectivity index (χ1n) is 5.94. The van der Waals surface area contributed by atoms with Gasteiger partial charge in [0.1, 0.15) is 11.6 Å². The Morgan fingerprint density at radius 2 is 2.11 bits per heavy atom. The average molecular weight is 256 g/mol. The van der Waals surface area contributed by atoms with Gasteiger partial charge >= 0.3 is 0 Å². The summed E-state index contributed by atoms with van der Waals surface area (Å²) >= 11 is 0. The predicted molar refractivity (Wildman–Crippen MR) is 68.0 cm³/mol. The fourth-order valence-corrected chi connectivity index (χ4v) is 1.92. The lowest BCUT2D eigenvalue weighted by molar-refractivity contribution is -0.116. The van der Waals surface area contributed by atoms with Gasteiger partial charge in [0.25, 0.3) is 0 Å². The zero-order chi connectivity index (χ0) is 13.2. The number of ketones is 1. The van der Waals surface area contributed by atoms with Gasteiger partial charge in [0.15, 0.2) is 11.5 Å². The molecule has 2 heterocycles. The lowest BCUT2D eigenvalue weighted by Crippen LogP contribution is -2.02. The predicted octanol–water partition coefficient (Wildman–Crippen LogP) is 2.00. The van der Waals surface area contributed by atoms with Crippen LogP contribution in [-0.2, 0) is 11.2 Å². The largest absolute Gasteiger partial charge is 0.454 e. The molecule has 1 aromatic heterocycles. The van der Waals surface area contributed by atoms with Crippen molar-refractivity contribution in [2.24, 2.45) is 0 Å². The number of Topliss-reactive ketones (excluding diaryl/α,β-unsaturated/α-hetero) is 1. The lowest BCUT2D eigenvalue weighted by Gasteiger charge is -2.04. The Hall–Kier alpha value is -2.43. The van der Waals surface area contributed by atoms with Gasteiger partial charge in [-0.05, 0) is 31.2 Å². The number of fused-ring (bicyclic) bond motifs is 1. The van der Waals surface area contributed by atoms with Gasteiger partial charge in [-0.1, -0.05) is 0 Å². The number of nitrogens with zero attached hydrogens (tertiary/aromatic N) is 2. The molecule has 0 saturated carbocycles. The maximum atomic E-state index is 11.1. The molecule has 96 valence electrons. The van der Waals surface area contributed by atoms with E-state index in [4.69, 9.17) is 9.47 Å². The molecule has 5 heteroatoms. The molecule has 1 aliphatic rings. The van der Waals surface area contributed by atoms with E-state index in [0.717, 1.165) is 17.0 Å². The fraction of sp³-hybridized carbons (Fsp3) is 0.214. The van der Waals surface area contributed by atoms with E-state index >= 15 is 0 Å². The van der Waals surface area contributed by atoms with Crippen molar-refractivity contribution in [1.82, 2.24) is 9.97 Å². The second kappa shape index (κ2) is 4.68. The summed E-state index contributed by atoms with van der Waals surface area (Å²) in [6, 6.07) is 7.45. The minimum Gasteiger partial charge on any atom is -0.454 e. The lowest BCUT2D eigenvalue weighted by atomic mass is 10.1. The van der Waals surface area contributed by atoms with Crippen LogP contribution in [0, 0.1) is 0 Å². The zero-order valence-corrected chi connectivity index (χ0v) is 10.4. The quantitative estimate of drug-likeness (QED) is 0.840. The van der Waals surface area contributed by atoms with Crippen molar-refractivity contribution in [2.45, 2.75) is 13.3 Å². The molecular formula is C14H12N2O3. The van der Waals surface area contributed by atoms with E-state index in [-0.39, 0.29) is 19.0 Å². The summed E-state index contributed by atoms with van der Waals surface area (Å²) in [6.45, 7) is 1.77. The molecule has 0 aliphatic carbocycles. The molecule has 1 aliphatic heterocycles. The van der Waals surface area contributed by atoms with E-state index in [1.54, 1.807) is 12.3 Å². The topological polar surface area (TPSA) is 61.3 Å². The molecule has 5 nitrogen and oxygen atoms in total. The molecule has 0 fully saturated rings. The number of carbonyl (C=O) groups excluding carboxylic acids is 1. The second-order valence-electron chi connectivity index (χ2n) is 4.30. The molecule has 2 aromatic rings. The van der Waals surface area contributed by atoms with Crippen LogP contribution in [0.5, 0.6) is 11.5 Å². The maximum absolute atomic E-state index is 11.1. The molecule has 0 N–H and O–H groups in total. The van der Waals surface area contributed by atoms with Gasteiger partial charge in [0, 0.05) is 11.8 Å². The summed E-state index contributed by atoms with van der Waals surface area (Å²) in [5, 5.41) is 0. The standard InChI is InChI=1S/C14H12N2O3/c1-9(17)6-14-15-5-4-11(16-14)10-2-3-12-13(7-10)19-8-18-12/h2-5,7H,6,8H2,1H3. The first kappa shape index (κ1) is 11.6. The molecule has 0 amide bonds. The number of hydrogen-bond acceptors (Lipinski definition) is 5. The Bertz CT molecular complexity index is 640. The van der Waals surface area contributed by atoms with E-state index in [0.29, 0.717) is 11.6 Å². The highest BCUT2D eigenvalue weighted by Gasteiger charge is 2.14. The van der Waals surface area contributed by atoms with Gasteiger partial charge in [0.05, 0.1) is 12.1 Å². The van der Waals surface area contributed by atoms with Crippen LogP contribution in [0.2, 0.25) is 0 Å². The number of rotatable bonds is 3. The highest BCUT2D eigenvalue weighted by Crippen LogP contribution is 2.35. The van der Waals surface area contributed by atoms with E-state index in [1.165, 1.54) is 6.92 Å². The van der Waals surface area contributed by atoms with Gasteiger partial charge in [-0.25, -0.2) is 9.97 Å². The number of carbonyl (C=O) groups is 1. The van der Waals surface area contributed by atoms with Crippen LogP contribution >= 0.6 is 0 Å². The highest BCUT2D eigenvalue weighted by atomic mass is 16.7. The van der Waals surface area contributed by atoms with Crippen molar-refractivity contribution in [3.05, 3.63) is 36.3 Å². The van der Waals surface area contributed by atoms with E-state index in [9.17, 15) is 4.79 Å². The van der Waals surface area contributed by atoms with Crippen LogP contribution in [0.3, 0.4) is 0 Å². The van der Waals surface area contributed by atoms with Gasteiger partial charge in [-0.3, -0.25) is 4.79 Å². The van der Waals surface area contributed by atoms with E-state index in [1.807, 2.05) is 18.2 Å². The summed E-state index contributed by atoms with van der Waals surface area (Å²) in [7, 11) is 0. The fourth-order valence-electron chi connectivity index (χ4n) is 1.92. The Kier molecular flexibility index (Phi) is 2.87. The van der Waals surface area contributed by atoms with Crippen LogP contribution in [-0.4, -0.2) is 22.5 Å². The first-order valence-corrected chi connectivity index (χ1v) is 5.94. The molecular weight excluding hydrogens is 244 g/mol. The van der Waals surface area contributed by atoms with Crippen LogP contribution < -0.4 is 9.47 Å². The molecule has 3 rings (SSSR count). The Morgan fingerprint density at radius 1 is 1.26 bits per heavy atom. The summed E-state index contributed by atoms with van der Waals surface area (Å²) in [5.41, 5.74) is 1.68. The third-order valence-electron chi connectivity index (χ3n) is 2.78. The molecule has 1 aromatic carbocycles. The SMILES string of the molecule is CC(=O)Cc1nccc(-c2ccc3c(c2)OCO3)n1. The normalized spacial score (nSPS) is 12.5. The highest BCUT2D eigenvalue weighted by molar-refractivity contribution is 5.77. The van der Waals surface area contributed by atoms with Crippen molar-refractivity contribution in [3.8, 4) is 22.8 Å². The maximum Gasteiger partial charge on any atom is 0.231 e. The van der Waals surface area contributed by atoms with Crippen LogP contribution in [0.4, 0.5) is 0 Å². The molecule has 0 spiro atoms. The number of hydrogen-bond donors (Lipinski definition) is 0. The second-order valence-corrected chi connectivity index (χ2v) is 4.30. The minimum absolute atomic E-state index is 0.0443. The van der Waals surface area contributed by atoms with Crippen LogP contribution in [0.25, 0.3) is 11.3 Å². The molecule has 0 saturated heterocycles. The average Bonchev–Trinajstić information content (AvgIpc) is 2.85. The van der Waals surface area contributed by atoms with E-state index in [2.05, 4.69) is 9.97 Å². The molecule has 19 heavy (non-hydrogen) atoms. The summed E-state index contributed by atoms with van der Waals surface area (Å²) in [4.78, 5) is 19.6. The third-order valence-corrected chi connectivity index (χ3v) is 2.78. The van der Waals surface area contributed by atoms with Crippen molar-refractivity contribution < 1.29 is 14.3 Å². The first-order chi connectivity index (χ1) is 9.22. The summed E-state index contributed by atoms with van der Waals surface area (Å²) < 4.78 is 10.6. The van der Waals surface area contributed by atoms with Crippen molar-refractivity contribution in [3.63, 3.8) is 0 Å². The molecule has 0 radical (unpaired) electrons. The van der Waals surface area contributed by atoms with Gasteiger partial charge < -0.3 is 9.47 Å². The van der Waals surface area contributed by atoms with Crippen LogP contribution in [0.1, 0.15) is 12.7 Å². The van der Waals surface area contributed by atoms with E-state index < -0.39 is 0 Å². The van der Waals surface area contributed by atoms with Gasteiger partial charge in [-0.2, -0.15) is 0 Å². The Labute approximate surface area is 110 Å². The zero-order valence-electron chi connectivity index (χ0n) is 10.4. The molecule has 0 atom stereocenters. The van der Waals surface area contributed by atoms with Crippen LogP contribution in [0.15, 0.2) is 30.5 Å². The van der Waals surface area contributed by atoms with Crippen molar-refractivity contribution in [1.29, 1.82) is 0 Å².